The zero-order valence-electron chi connectivity index (χ0n) is 12.5. The van der Waals surface area contributed by atoms with Crippen LogP contribution in [-0.2, 0) is 12.8 Å². The van der Waals surface area contributed by atoms with Gasteiger partial charge in [0.1, 0.15) is 5.75 Å². The third-order valence-electron chi connectivity index (χ3n) is 3.74. The summed E-state index contributed by atoms with van der Waals surface area (Å²) in [5.41, 5.74) is 4.11. The van der Waals surface area contributed by atoms with Crippen LogP contribution in [0.4, 0.5) is 0 Å². The van der Waals surface area contributed by atoms with Crippen molar-refractivity contribution in [3.8, 4) is 5.75 Å². The van der Waals surface area contributed by atoms with Gasteiger partial charge in [-0.05, 0) is 24.6 Å². The van der Waals surface area contributed by atoms with Crippen LogP contribution >= 0.6 is 15.9 Å². The SMILES string of the molecule is Cc1c(OCCc2ccccc2)ccc2c(CCBr)noc12. The highest BCUT2D eigenvalue weighted by molar-refractivity contribution is 9.09. The van der Waals surface area contributed by atoms with Crippen LogP contribution in [0.15, 0.2) is 47.0 Å². The fraction of sp³-hybridized carbons (Fsp3) is 0.278. The van der Waals surface area contributed by atoms with Gasteiger partial charge in [0.15, 0.2) is 5.58 Å². The van der Waals surface area contributed by atoms with Crippen LogP contribution in [-0.4, -0.2) is 17.1 Å². The summed E-state index contributed by atoms with van der Waals surface area (Å²) in [5, 5.41) is 6.11. The molecule has 0 saturated carbocycles. The predicted octanol–water partition coefficient (Wildman–Crippen LogP) is 4.70. The highest BCUT2D eigenvalue weighted by Crippen LogP contribution is 2.29. The van der Waals surface area contributed by atoms with Crippen LogP contribution in [0.2, 0.25) is 0 Å². The first kappa shape index (κ1) is 15.1. The zero-order chi connectivity index (χ0) is 15.4. The number of rotatable bonds is 6. The molecule has 0 unspecified atom stereocenters. The summed E-state index contributed by atoms with van der Waals surface area (Å²) in [5.74, 6) is 0.866. The van der Waals surface area contributed by atoms with Crippen molar-refractivity contribution in [1.29, 1.82) is 0 Å². The summed E-state index contributed by atoms with van der Waals surface area (Å²) in [4.78, 5) is 0. The maximum Gasteiger partial charge on any atom is 0.173 e. The lowest BCUT2D eigenvalue weighted by molar-refractivity contribution is 0.319. The summed E-state index contributed by atoms with van der Waals surface area (Å²) in [7, 11) is 0. The molecule has 0 saturated heterocycles. The number of hydrogen-bond acceptors (Lipinski definition) is 3. The van der Waals surface area contributed by atoms with Crippen molar-refractivity contribution >= 4 is 26.9 Å². The van der Waals surface area contributed by atoms with Gasteiger partial charge in [-0.2, -0.15) is 0 Å². The molecular formula is C18H18BrNO2. The molecule has 3 aromatic rings. The number of alkyl halides is 1. The molecule has 0 N–H and O–H groups in total. The fourth-order valence-electron chi connectivity index (χ4n) is 2.52. The summed E-state index contributed by atoms with van der Waals surface area (Å²) in [6.07, 6.45) is 1.75. The van der Waals surface area contributed by atoms with E-state index in [9.17, 15) is 0 Å². The number of aryl methyl sites for hydroxylation is 2. The molecule has 0 bridgehead atoms. The Bertz CT molecular complexity index is 752. The van der Waals surface area contributed by atoms with Crippen molar-refractivity contribution in [3.63, 3.8) is 0 Å². The van der Waals surface area contributed by atoms with Crippen LogP contribution in [0, 0.1) is 6.92 Å². The second-order valence-electron chi connectivity index (χ2n) is 5.22. The molecule has 1 heterocycles. The fourth-order valence-corrected chi connectivity index (χ4v) is 2.89. The molecular weight excluding hydrogens is 342 g/mol. The van der Waals surface area contributed by atoms with E-state index in [1.165, 1.54) is 5.56 Å². The molecule has 0 aliphatic rings. The van der Waals surface area contributed by atoms with E-state index >= 15 is 0 Å². The Morgan fingerprint density at radius 1 is 1.09 bits per heavy atom. The standard InChI is InChI=1S/C18H18BrNO2/c1-13-17(21-12-10-14-5-3-2-4-6-14)8-7-15-16(9-11-19)20-22-18(13)15/h2-8H,9-12H2,1H3. The van der Waals surface area contributed by atoms with Crippen LogP contribution in [0.25, 0.3) is 11.0 Å². The largest absolute Gasteiger partial charge is 0.493 e. The third-order valence-corrected chi connectivity index (χ3v) is 4.13. The predicted molar refractivity (Wildman–Crippen MR) is 91.9 cm³/mol. The Hall–Kier alpha value is -1.81. The average molecular weight is 360 g/mol. The lowest BCUT2D eigenvalue weighted by Crippen LogP contribution is -2.02. The average Bonchev–Trinajstić information content (AvgIpc) is 2.95. The number of fused-ring (bicyclic) bond motifs is 1. The topological polar surface area (TPSA) is 35.3 Å². The molecule has 0 atom stereocenters. The number of halogens is 1. The Balaban J connectivity index is 1.73. The van der Waals surface area contributed by atoms with Crippen molar-refractivity contribution in [2.75, 3.05) is 11.9 Å². The molecule has 0 fully saturated rings. The van der Waals surface area contributed by atoms with Gasteiger partial charge in [0.05, 0.1) is 12.3 Å². The van der Waals surface area contributed by atoms with Crippen LogP contribution in [0.3, 0.4) is 0 Å². The number of hydrogen-bond donors (Lipinski definition) is 0. The van der Waals surface area contributed by atoms with E-state index < -0.39 is 0 Å². The van der Waals surface area contributed by atoms with Crippen LogP contribution < -0.4 is 4.74 Å². The minimum absolute atomic E-state index is 0.652. The molecule has 3 nitrogen and oxygen atoms in total. The van der Waals surface area contributed by atoms with Gasteiger partial charge in [0.25, 0.3) is 0 Å². The summed E-state index contributed by atoms with van der Waals surface area (Å²) < 4.78 is 11.4. The van der Waals surface area contributed by atoms with E-state index in [0.717, 1.165) is 46.1 Å². The van der Waals surface area contributed by atoms with Gasteiger partial charge in [-0.3, -0.25) is 0 Å². The molecule has 0 aliphatic carbocycles. The quantitative estimate of drug-likeness (QED) is 0.598. The molecule has 1 aromatic heterocycles. The molecule has 0 radical (unpaired) electrons. The van der Waals surface area contributed by atoms with E-state index in [-0.39, 0.29) is 0 Å². The minimum atomic E-state index is 0.652. The van der Waals surface area contributed by atoms with E-state index in [1.54, 1.807) is 0 Å². The maximum atomic E-state index is 5.92. The molecule has 4 heteroatoms. The number of benzene rings is 2. The Morgan fingerprint density at radius 3 is 2.68 bits per heavy atom. The van der Waals surface area contributed by atoms with E-state index in [4.69, 9.17) is 9.26 Å². The van der Waals surface area contributed by atoms with Crippen molar-refractivity contribution in [3.05, 3.63) is 59.3 Å². The normalized spacial score (nSPS) is 11.0. The first-order valence-corrected chi connectivity index (χ1v) is 8.52. The van der Waals surface area contributed by atoms with E-state index in [2.05, 4.69) is 33.2 Å². The Kier molecular flexibility index (Phi) is 4.78. The molecule has 0 spiro atoms. The van der Waals surface area contributed by atoms with Gasteiger partial charge < -0.3 is 9.26 Å². The molecule has 3 rings (SSSR count). The number of ether oxygens (including phenoxy) is 1. The highest BCUT2D eigenvalue weighted by Gasteiger charge is 2.13. The number of nitrogens with zero attached hydrogens (tertiary/aromatic N) is 1. The molecule has 2 aromatic carbocycles. The van der Waals surface area contributed by atoms with Crippen molar-refractivity contribution < 1.29 is 9.26 Å². The molecule has 114 valence electrons. The van der Waals surface area contributed by atoms with Crippen molar-refractivity contribution in [2.45, 2.75) is 19.8 Å². The second kappa shape index (κ2) is 6.97. The first-order valence-electron chi connectivity index (χ1n) is 7.40. The lowest BCUT2D eigenvalue weighted by atomic mass is 10.1. The summed E-state index contributed by atoms with van der Waals surface area (Å²) in [6.45, 7) is 2.67. The van der Waals surface area contributed by atoms with Crippen molar-refractivity contribution in [2.24, 2.45) is 0 Å². The summed E-state index contributed by atoms with van der Waals surface area (Å²) >= 11 is 3.44. The number of aromatic nitrogens is 1. The van der Waals surface area contributed by atoms with Gasteiger partial charge in [-0.25, -0.2) is 0 Å². The van der Waals surface area contributed by atoms with Gasteiger partial charge in [-0.1, -0.05) is 51.4 Å². The third kappa shape index (κ3) is 3.17. The monoisotopic (exact) mass is 359 g/mol. The maximum absolute atomic E-state index is 5.92. The Morgan fingerprint density at radius 2 is 1.91 bits per heavy atom. The van der Waals surface area contributed by atoms with Crippen LogP contribution in [0.1, 0.15) is 16.8 Å². The van der Waals surface area contributed by atoms with Gasteiger partial charge in [0, 0.05) is 29.1 Å². The van der Waals surface area contributed by atoms with Crippen molar-refractivity contribution in [1.82, 2.24) is 5.16 Å². The zero-order valence-corrected chi connectivity index (χ0v) is 14.1. The Labute approximate surface area is 138 Å². The molecule has 0 amide bonds. The van der Waals surface area contributed by atoms with E-state index in [0.29, 0.717) is 6.61 Å². The van der Waals surface area contributed by atoms with E-state index in [1.807, 2.05) is 37.3 Å². The lowest BCUT2D eigenvalue weighted by Gasteiger charge is -2.09. The smallest absolute Gasteiger partial charge is 0.173 e. The van der Waals surface area contributed by atoms with Gasteiger partial charge in [-0.15, -0.1) is 0 Å². The first-order chi connectivity index (χ1) is 10.8. The molecule has 0 aliphatic heterocycles. The second-order valence-corrected chi connectivity index (χ2v) is 6.01. The van der Waals surface area contributed by atoms with Gasteiger partial charge in [0.2, 0.25) is 0 Å². The summed E-state index contributed by atoms with van der Waals surface area (Å²) in [6, 6.07) is 14.4. The molecule has 22 heavy (non-hydrogen) atoms. The van der Waals surface area contributed by atoms with Gasteiger partial charge >= 0.3 is 0 Å². The van der Waals surface area contributed by atoms with Crippen LogP contribution in [0.5, 0.6) is 5.75 Å². The highest BCUT2D eigenvalue weighted by atomic mass is 79.9. The minimum Gasteiger partial charge on any atom is -0.493 e.